The third-order valence-corrected chi connectivity index (χ3v) is 3.40. The third kappa shape index (κ3) is 2.91. The molecule has 0 spiro atoms. The Hall–Kier alpha value is -1.69. The quantitative estimate of drug-likeness (QED) is 0.817. The van der Waals surface area contributed by atoms with Crippen molar-refractivity contribution in [1.82, 2.24) is 14.8 Å². The van der Waals surface area contributed by atoms with Gasteiger partial charge >= 0.3 is 0 Å². The highest BCUT2D eigenvalue weighted by atomic mass is 32.2. The fourth-order valence-electron chi connectivity index (χ4n) is 1.47. The molecule has 0 radical (unpaired) electrons. The molecule has 2 aromatic rings. The van der Waals surface area contributed by atoms with Gasteiger partial charge in [0.25, 0.3) is 0 Å². The second kappa shape index (κ2) is 4.29. The van der Waals surface area contributed by atoms with E-state index in [0.717, 1.165) is 11.3 Å². The van der Waals surface area contributed by atoms with Gasteiger partial charge in [0, 0.05) is 18.6 Å². The lowest BCUT2D eigenvalue weighted by Crippen LogP contribution is -2.02. The van der Waals surface area contributed by atoms with Crippen LogP contribution in [0.3, 0.4) is 0 Å². The zero-order valence-electron chi connectivity index (χ0n) is 9.66. The van der Waals surface area contributed by atoms with Crippen molar-refractivity contribution >= 4 is 9.84 Å². The second-order valence-electron chi connectivity index (χ2n) is 3.97. The molecule has 2 heterocycles. The summed E-state index contributed by atoms with van der Waals surface area (Å²) in [5, 5.41) is 4.01. The summed E-state index contributed by atoms with van der Waals surface area (Å²) in [5.41, 5.74) is 1.97. The van der Waals surface area contributed by atoms with Crippen molar-refractivity contribution in [3.63, 3.8) is 0 Å². The van der Waals surface area contributed by atoms with Gasteiger partial charge in [-0.2, -0.15) is 5.10 Å². The Kier molecular flexibility index (Phi) is 2.97. The van der Waals surface area contributed by atoms with Crippen molar-refractivity contribution < 1.29 is 8.42 Å². The predicted molar refractivity (Wildman–Crippen MR) is 63.4 cm³/mol. The molecule has 0 fully saturated rings. The van der Waals surface area contributed by atoms with Crippen LogP contribution >= 0.6 is 0 Å². The van der Waals surface area contributed by atoms with Crippen LogP contribution in [0.1, 0.15) is 11.3 Å². The largest absolute Gasteiger partial charge is 0.265 e. The molecule has 0 amide bonds. The monoisotopic (exact) mass is 251 g/mol. The Balaban J connectivity index is 2.23. The molecule has 0 atom stereocenters. The predicted octanol–water partition coefficient (Wildman–Crippen LogP) is 1.04. The fraction of sp³-hybridized carbons (Fsp3) is 0.273. The molecule has 17 heavy (non-hydrogen) atoms. The van der Waals surface area contributed by atoms with Crippen molar-refractivity contribution in [2.75, 3.05) is 6.26 Å². The van der Waals surface area contributed by atoms with E-state index in [1.165, 1.54) is 18.6 Å². The van der Waals surface area contributed by atoms with E-state index >= 15 is 0 Å². The van der Waals surface area contributed by atoms with Crippen LogP contribution in [-0.4, -0.2) is 29.4 Å². The average molecular weight is 251 g/mol. The number of nitrogens with zero attached hydrogens (tertiary/aromatic N) is 3. The van der Waals surface area contributed by atoms with E-state index in [1.807, 2.05) is 19.1 Å². The molecule has 0 N–H and O–H groups in total. The standard InChI is InChI=1S/C11H13N3O2S/c1-9-3-4-12-10(5-9)7-14-8-11(6-13-14)17(2,15)16/h3-6,8H,7H2,1-2H3. The molecule has 6 heteroatoms. The maximum atomic E-state index is 11.3. The summed E-state index contributed by atoms with van der Waals surface area (Å²) in [4.78, 5) is 4.42. The minimum absolute atomic E-state index is 0.227. The molecule has 2 aromatic heterocycles. The first-order valence-electron chi connectivity index (χ1n) is 5.09. The molecule has 5 nitrogen and oxygen atoms in total. The lowest BCUT2D eigenvalue weighted by Gasteiger charge is -2.01. The van der Waals surface area contributed by atoms with E-state index in [0.29, 0.717) is 6.54 Å². The molecule has 0 aliphatic carbocycles. The number of aromatic nitrogens is 3. The highest BCUT2D eigenvalue weighted by molar-refractivity contribution is 7.90. The van der Waals surface area contributed by atoms with Gasteiger partial charge in [-0.3, -0.25) is 9.67 Å². The summed E-state index contributed by atoms with van der Waals surface area (Å²) in [5.74, 6) is 0. The average Bonchev–Trinajstić information content (AvgIpc) is 2.65. The molecule has 90 valence electrons. The SMILES string of the molecule is Cc1ccnc(Cn2cc(S(C)(=O)=O)cn2)c1. The molecular weight excluding hydrogens is 238 g/mol. The lowest BCUT2D eigenvalue weighted by molar-refractivity contribution is 0.601. The zero-order valence-corrected chi connectivity index (χ0v) is 10.5. The normalized spacial score (nSPS) is 11.6. The van der Waals surface area contributed by atoms with Crippen molar-refractivity contribution in [2.24, 2.45) is 0 Å². The Labute approximate surface area is 100 Å². The minimum atomic E-state index is -3.19. The summed E-state index contributed by atoms with van der Waals surface area (Å²) in [6.07, 6.45) is 5.76. The summed E-state index contributed by atoms with van der Waals surface area (Å²) >= 11 is 0. The van der Waals surface area contributed by atoms with Crippen LogP contribution in [0, 0.1) is 6.92 Å². The lowest BCUT2D eigenvalue weighted by atomic mass is 10.2. The first kappa shape index (κ1) is 11.8. The number of hydrogen-bond acceptors (Lipinski definition) is 4. The minimum Gasteiger partial charge on any atom is -0.265 e. The topological polar surface area (TPSA) is 64.8 Å². The summed E-state index contributed by atoms with van der Waals surface area (Å²) in [7, 11) is -3.19. The van der Waals surface area contributed by atoms with Gasteiger partial charge in [0.05, 0.1) is 18.4 Å². The summed E-state index contributed by atoms with van der Waals surface area (Å²) in [6.45, 7) is 2.45. The van der Waals surface area contributed by atoms with Gasteiger partial charge in [-0.05, 0) is 24.6 Å². The third-order valence-electron chi connectivity index (χ3n) is 2.33. The number of aryl methyl sites for hydroxylation is 1. The maximum absolute atomic E-state index is 11.3. The van der Waals surface area contributed by atoms with Crippen molar-refractivity contribution in [3.05, 3.63) is 42.0 Å². The molecule has 0 aliphatic heterocycles. The number of hydrogen-bond donors (Lipinski definition) is 0. The molecule has 0 unspecified atom stereocenters. The van der Waals surface area contributed by atoms with Crippen LogP contribution in [0.2, 0.25) is 0 Å². The van der Waals surface area contributed by atoms with Crippen LogP contribution in [0.4, 0.5) is 0 Å². The number of rotatable bonds is 3. The maximum Gasteiger partial charge on any atom is 0.178 e. The molecule has 2 rings (SSSR count). The van der Waals surface area contributed by atoms with Crippen LogP contribution in [0.15, 0.2) is 35.6 Å². The van der Waals surface area contributed by atoms with Crippen molar-refractivity contribution in [2.45, 2.75) is 18.4 Å². The Bertz CT molecular complexity index is 632. The van der Waals surface area contributed by atoms with Gasteiger partial charge in [0.2, 0.25) is 0 Å². The highest BCUT2D eigenvalue weighted by Crippen LogP contribution is 2.08. The molecule has 0 saturated heterocycles. The van der Waals surface area contributed by atoms with Gasteiger partial charge in [0.1, 0.15) is 4.90 Å². The van der Waals surface area contributed by atoms with Crippen molar-refractivity contribution in [3.8, 4) is 0 Å². The van der Waals surface area contributed by atoms with Crippen LogP contribution in [0.5, 0.6) is 0 Å². The highest BCUT2D eigenvalue weighted by Gasteiger charge is 2.10. The van der Waals surface area contributed by atoms with E-state index in [4.69, 9.17) is 0 Å². The molecule has 0 aliphatic rings. The fourth-order valence-corrected chi connectivity index (χ4v) is 2.03. The first-order chi connectivity index (χ1) is 7.95. The van der Waals surface area contributed by atoms with E-state index in [1.54, 1.807) is 10.9 Å². The second-order valence-corrected chi connectivity index (χ2v) is 5.99. The Morgan fingerprint density at radius 3 is 2.76 bits per heavy atom. The molecular formula is C11H13N3O2S. The molecule has 0 saturated carbocycles. The van der Waals surface area contributed by atoms with Gasteiger partial charge in [-0.25, -0.2) is 8.42 Å². The van der Waals surface area contributed by atoms with E-state index in [9.17, 15) is 8.42 Å². The van der Waals surface area contributed by atoms with Crippen LogP contribution in [0.25, 0.3) is 0 Å². The van der Waals surface area contributed by atoms with Gasteiger partial charge < -0.3 is 0 Å². The Morgan fingerprint density at radius 1 is 1.41 bits per heavy atom. The smallest absolute Gasteiger partial charge is 0.178 e. The molecule has 0 bridgehead atoms. The van der Waals surface area contributed by atoms with E-state index < -0.39 is 9.84 Å². The number of pyridine rings is 1. The Morgan fingerprint density at radius 2 is 2.18 bits per heavy atom. The van der Waals surface area contributed by atoms with Gasteiger partial charge in [-0.1, -0.05) is 0 Å². The van der Waals surface area contributed by atoms with Crippen LogP contribution in [-0.2, 0) is 16.4 Å². The van der Waals surface area contributed by atoms with Gasteiger partial charge in [0.15, 0.2) is 9.84 Å². The van der Waals surface area contributed by atoms with Crippen molar-refractivity contribution in [1.29, 1.82) is 0 Å². The van der Waals surface area contributed by atoms with E-state index in [-0.39, 0.29) is 4.90 Å². The first-order valence-corrected chi connectivity index (χ1v) is 6.98. The molecule has 0 aromatic carbocycles. The number of sulfone groups is 1. The zero-order chi connectivity index (χ0) is 12.5. The summed E-state index contributed by atoms with van der Waals surface area (Å²) < 4.78 is 24.1. The van der Waals surface area contributed by atoms with Gasteiger partial charge in [-0.15, -0.1) is 0 Å². The summed E-state index contributed by atoms with van der Waals surface area (Å²) in [6, 6.07) is 3.86. The van der Waals surface area contributed by atoms with Crippen LogP contribution < -0.4 is 0 Å². The van der Waals surface area contributed by atoms with E-state index in [2.05, 4.69) is 10.1 Å².